The van der Waals surface area contributed by atoms with E-state index in [1.165, 1.54) is 36.4 Å². The van der Waals surface area contributed by atoms with Crippen LogP contribution in [0.4, 0.5) is 17.6 Å². The van der Waals surface area contributed by atoms with Gasteiger partial charge in [0.25, 0.3) is 11.5 Å². The van der Waals surface area contributed by atoms with Crippen molar-refractivity contribution in [1.82, 2.24) is 14.5 Å². The quantitative estimate of drug-likeness (QED) is 0.373. The number of nitrogens with zero attached hydrogens (tertiary/aromatic N) is 3. The molecule has 2 fully saturated rings. The van der Waals surface area contributed by atoms with Crippen LogP contribution >= 0.6 is 27.3 Å². The van der Waals surface area contributed by atoms with Gasteiger partial charge in [-0.2, -0.15) is 0 Å². The van der Waals surface area contributed by atoms with Gasteiger partial charge in [-0.15, -0.1) is 11.3 Å². The molecule has 1 aliphatic heterocycles. The lowest BCUT2D eigenvalue weighted by Gasteiger charge is -2.42. The first-order chi connectivity index (χ1) is 16.8. The smallest absolute Gasteiger partial charge is 0.263 e. The van der Waals surface area contributed by atoms with E-state index in [-0.39, 0.29) is 29.5 Å². The van der Waals surface area contributed by atoms with Gasteiger partial charge in [0.15, 0.2) is 0 Å². The maximum Gasteiger partial charge on any atom is 0.263 e. The zero-order valence-electron chi connectivity index (χ0n) is 18.9. The predicted molar refractivity (Wildman–Crippen MR) is 131 cm³/mol. The molecule has 1 aliphatic carbocycles. The van der Waals surface area contributed by atoms with Gasteiger partial charge in [0, 0.05) is 18.4 Å². The molecule has 1 saturated carbocycles. The van der Waals surface area contributed by atoms with E-state index >= 15 is 0 Å². The summed E-state index contributed by atoms with van der Waals surface area (Å²) in [6, 6.07) is 4.15. The van der Waals surface area contributed by atoms with Crippen LogP contribution in [0.5, 0.6) is 0 Å². The van der Waals surface area contributed by atoms with E-state index in [0.29, 0.717) is 20.8 Å². The van der Waals surface area contributed by atoms with Gasteiger partial charge in [0.2, 0.25) is 5.91 Å². The van der Waals surface area contributed by atoms with Crippen LogP contribution in [0.2, 0.25) is 0 Å². The molecule has 5 rings (SSSR count). The Morgan fingerprint density at radius 1 is 1.28 bits per heavy atom. The molecule has 36 heavy (non-hydrogen) atoms. The molecular weight excluding hydrogens is 564 g/mol. The molecule has 12 heteroatoms. The Kier molecular flexibility index (Phi) is 5.81. The first kappa shape index (κ1) is 24.9. The van der Waals surface area contributed by atoms with Crippen molar-refractivity contribution < 1.29 is 22.4 Å². The Hall–Kier alpha value is -2.75. The summed E-state index contributed by atoms with van der Waals surface area (Å²) in [5.41, 5.74) is 3.43. The number of amides is 1. The second-order valence-electron chi connectivity index (χ2n) is 9.57. The molecule has 6 nitrogen and oxygen atoms in total. The van der Waals surface area contributed by atoms with Crippen LogP contribution in [0.1, 0.15) is 24.6 Å². The molecule has 0 atom stereocenters. The van der Waals surface area contributed by atoms with Gasteiger partial charge < -0.3 is 10.6 Å². The van der Waals surface area contributed by atoms with Crippen molar-refractivity contribution in [3.05, 3.63) is 50.0 Å². The molecule has 0 unspecified atom stereocenters. The standard InChI is InChI=1S/C24H19BrF4N4O2S/c1-22(27)10-33(11-22)17(34)7-32-12-31-20-19(21(32)35)18(13-2-3-15(26)14(25)6-13)16(36-20)4-5-23(30)8-24(28,29)9-23/h2-3,6,12H,7-11,30H2,1H3. The highest BCUT2D eigenvalue weighted by Crippen LogP contribution is 2.44. The van der Waals surface area contributed by atoms with E-state index < -0.39 is 47.3 Å². The number of halogens is 5. The fraction of sp³-hybridized carbons (Fsp3) is 0.375. The van der Waals surface area contributed by atoms with Crippen LogP contribution < -0.4 is 11.3 Å². The average molecular weight is 583 g/mol. The molecule has 188 valence electrons. The summed E-state index contributed by atoms with van der Waals surface area (Å²) in [4.78, 5) is 32.3. The third-order valence-electron chi connectivity index (χ3n) is 6.16. The number of hydrogen-bond acceptors (Lipinski definition) is 5. The van der Waals surface area contributed by atoms with Crippen molar-refractivity contribution in [1.29, 1.82) is 0 Å². The number of likely N-dealkylation sites (tertiary alicyclic amines) is 1. The number of alkyl halides is 3. The Balaban J connectivity index is 1.59. The average Bonchev–Trinajstić information content (AvgIpc) is 3.12. The fourth-order valence-electron chi connectivity index (χ4n) is 4.47. The highest BCUT2D eigenvalue weighted by molar-refractivity contribution is 9.10. The molecular formula is C24H19BrF4N4O2S. The van der Waals surface area contributed by atoms with Gasteiger partial charge in [-0.05, 0) is 40.5 Å². The number of benzene rings is 1. The SMILES string of the molecule is CC1(F)CN(C(=O)Cn2cnc3sc(C#CC4(N)CC(F)(F)C4)c(-c4ccc(F)c(Br)c4)c3c2=O)C1. The number of hydrogen-bond donors (Lipinski definition) is 1. The molecule has 0 bridgehead atoms. The van der Waals surface area contributed by atoms with Crippen LogP contribution in [0.15, 0.2) is 33.8 Å². The van der Waals surface area contributed by atoms with Gasteiger partial charge in [-0.1, -0.05) is 17.9 Å². The maximum atomic E-state index is 13.9. The van der Waals surface area contributed by atoms with E-state index in [1.54, 1.807) is 0 Å². The van der Waals surface area contributed by atoms with Crippen molar-refractivity contribution in [3.8, 4) is 23.0 Å². The van der Waals surface area contributed by atoms with E-state index in [2.05, 4.69) is 32.8 Å². The predicted octanol–water partition coefficient (Wildman–Crippen LogP) is 4.08. The van der Waals surface area contributed by atoms with Crippen molar-refractivity contribution >= 4 is 43.4 Å². The third kappa shape index (κ3) is 4.55. The largest absolute Gasteiger partial charge is 0.335 e. The van der Waals surface area contributed by atoms with Crippen molar-refractivity contribution in [3.63, 3.8) is 0 Å². The lowest BCUT2D eigenvalue weighted by Crippen LogP contribution is -2.60. The molecule has 3 heterocycles. The highest BCUT2D eigenvalue weighted by Gasteiger charge is 2.53. The molecule has 0 spiro atoms. The normalized spacial score (nSPS) is 19.2. The van der Waals surface area contributed by atoms with Crippen molar-refractivity contribution in [2.24, 2.45) is 5.73 Å². The monoisotopic (exact) mass is 582 g/mol. The Labute approximate surface area is 215 Å². The minimum atomic E-state index is -2.87. The summed E-state index contributed by atoms with van der Waals surface area (Å²) in [7, 11) is 0. The van der Waals surface area contributed by atoms with Gasteiger partial charge in [0.05, 0.1) is 39.7 Å². The number of fused-ring (bicyclic) bond motifs is 1. The highest BCUT2D eigenvalue weighted by atomic mass is 79.9. The molecule has 1 saturated heterocycles. The number of nitrogens with two attached hydrogens (primary N) is 1. The van der Waals surface area contributed by atoms with Crippen LogP contribution in [-0.4, -0.2) is 50.6 Å². The second kappa shape index (κ2) is 8.39. The zero-order valence-corrected chi connectivity index (χ0v) is 21.3. The minimum absolute atomic E-state index is 0.0524. The molecule has 2 aliphatic rings. The van der Waals surface area contributed by atoms with E-state index in [1.807, 2.05) is 0 Å². The maximum absolute atomic E-state index is 13.9. The topological polar surface area (TPSA) is 81.2 Å². The van der Waals surface area contributed by atoms with Crippen LogP contribution in [0.25, 0.3) is 21.3 Å². The number of rotatable bonds is 3. The Bertz CT molecular complexity index is 1520. The molecule has 1 aromatic carbocycles. The van der Waals surface area contributed by atoms with E-state index in [4.69, 9.17) is 5.73 Å². The lowest BCUT2D eigenvalue weighted by atomic mass is 9.75. The first-order valence-electron chi connectivity index (χ1n) is 10.9. The summed E-state index contributed by atoms with van der Waals surface area (Å²) in [6.07, 6.45) is 0.0831. The van der Waals surface area contributed by atoms with Gasteiger partial charge in [0.1, 0.15) is 22.9 Å². The molecule has 2 aromatic heterocycles. The van der Waals surface area contributed by atoms with Gasteiger partial charge >= 0.3 is 0 Å². The van der Waals surface area contributed by atoms with Crippen LogP contribution in [0.3, 0.4) is 0 Å². The van der Waals surface area contributed by atoms with Gasteiger partial charge in [-0.3, -0.25) is 14.2 Å². The summed E-state index contributed by atoms with van der Waals surface area (Å²) in [5, 5.41) is 0.155. The molecule has 3 aromatic rings. The van der Waals surface area contributed by atoms with E-state index in [0.717, 1.165) is 15.9 Å². The second-order valence-corrected chi connectivity index (χ2v) is 11.4. The first-order valence-corrected chi connectivity index (χ1v) is 12.5. The summed E-state index contributed by atoms with van der Waals surface area (Å²) >= 11 is 4.21. The Morgan fingerprint density at radius 2 is 1.97 bits per heavy atom. The van der Waals surface area contributed by atoms with Crippen LogP contribution in [0, 0.1) is 17.7 Å². The Morgan fingerprint density at radius 3 is 2.58 bits per heavy atom. The minimum Gasteiger partial charge on any atom is -0.335 e. The zero-order chi connectivity index (χ0) is 26.0. The van der Waals surface area contributed by atoms with Crippen LogP contribution in [-0.2, 0) is 11.3 Å². The number of carbonyl (C=O) groups excluding carboxylic acids is 1. The summed E-state index contributed by atoms with van der Waals surface area (Å²) in [6.45, 7) is 0.961. The molecule has 0 radical (unpaired) electrons. The third-order valence-corrected chi connectivity index (χ3v) is 7.78. The van der Waals surface area contributed by atoms with Crippen molar-refractivity contribution in [2.45, 2.75) is 43.4 Å². The number of carbonyl (C=O) groups is 1. The summed E-state index contributed by atoms with van der Waals surface area (Å²) in [5.74, 6) is 1.74. The lowest BCUT2D eigenvalue weighted by molar-refractivity contribution is -0.144. The summed E-state index contributed by atoms with van der Waals surface area (Å²) < 4.78 is 55.8. The number of thiophene rings is 1. The number of aromatic nitrogens is 2. The van der Waals surface area contributed by atoms with Crippen molar-refractivity contribution in [2.75, 3.05) is 13.1 Å². The van der Waals surface area contributed by atoms with E-state index in [9.17, 15) is 27.2 Å². The molecule has 1 amide bonds. The fourth-order valence-corrected chi connectivity index (χ4v) is 5.85. The molecule has 2 N–H and O–H groups in total. The van der Waals surface area contributed by atoms with Gasteiger partial charge in [-0.25, -0.2) is 22.5 Å².